The number of methoxy groups -OCH3 is 6. The summed E-state index contributed by atoms with van der Waals surface area (Å²) in [6, 6.07) is 6.04. The number of carbonyl (C=O) groups excluding carboxylic acids is 2. The summed E-state index contributed by atoms with van der Waals surface area (Å²) in [5.41, 5.74) is 0.983. The van der Waals surface area contributed by atoms with Crippen LogP contribution in [-0.2, 0) is 9.47 Å². The lowest BCUT2D eigenvalue weighted by molar-refractivity contribution is 0.0592. The summed E-state index contributed by atoms with van der Waals surface area (Å²) >= 11 is 0. The largest absolute Gasteiger partial charge is 0.493 e. The van der Waals surface area contributed by atoms with E-state index in [9.17, 15) is 9.59 Å². The number of aliphatic imine (C=N–C) groups is 1. The Morgan fingerprint density at radius 3 is 1.68 bits per heavy atom. The van der Waals surface area contributed by atoms with E-state index in [1.165, 1.54) is 67.2 Å². The molecule has 2 aromatic rings. The van der Waals surface area contributed by atoms with E-state index in [1.54, 1.807) is 6.07 Å². The molecule has 0 bridgehead atoms. The van der Waals surface area contributed by atoms with Crippen LogP contribution in [0.3, 0.4) is 0 Å². The van der Waals surface area contributed by atoms with Gasteiger partial charge in [0.2, 0.25) is 0 Å². The van der Waals surface area contributed by atoms with E-state index in [-0.39, 0.29) is 16.8 Å². The molecule has 0 amide bonds. The summed E-state index contributed by atoms with van der Waals surface area (Å²) in [7, 11) is 8.38. The molecule has 0 fully saturated rings. The lowest BCUT2D eigenvalue weighted by Gasteiger charge is -2.14. The number of nitrogens with zero attached hydrogens (tertiary/aromatic N) is 1. The SMILES string of the molecule is COC(=O)c1cc(OC)c(OC)cc1N=CNc1cc(OC)c(OC)cc1C(=O)OC. The third-order valence-corrected chi connectivity index (χ3v) is 4.26. The Kier molecular flexibility index (Phi) is 8.07. The van der Waals surface area contributed by atoms with Gasteiger partial charge in [0.05, 0.1) is 71.5 Å². The number of nitrogens with one attached hydrogen (secondary N) is 1. The highest BCUT2D eigenvalue weighted by Gasteiger charge is 2.19. The van der Waals surface area contributed by atoms with Crippen molar-refractivity contribution in [1.29, 1.82) is 0 Å². The van der Waals surface area contributed by atoms with Gasteiger partial charge in [-0.05, 0) is 0 Å². The van der Waals surface area contributed by atoms with Gasteiger partial charge in [0, 0.05) is 24.3 Å². The molecule has 31 heavy (non-hydrogen) atoms. The molecule has 0 aliphatic heterocycles. The number of hydrogen-bond donors (Lipinski definition) is 1. The summed E-state index contributed by atoms with van der Waals surface area (Å²) in [4.78, 5) is 28.6. The molecule has 0 saturated carbocycles. The van der Waals surface area contributed by atoms with E-state index >= 15 is 0 Å². The van der Waals surface area contributed by atoms with Gasteiger partial charge in [-0.2, -0.15) is 0 Å². The van der Waals surface area contributed by atoms with E-state index < -0.39 is 11.9 Å². The van der Waals surface area contributed by atoms with Crippen LogP contribution in [0.25, 0.3) is 0 Å². The highest BCUT2D eigenvalue weighted by atomic mass is 16.5. The second-order valence-corrected chi connectivity index (χ2v) is 5.86. The van der Waals surface area contributed by atoms with Gasteiger partial charge in [0.1, 0.15) is 0 Å². The molecule has 0 saturated heterocycles. The molecule has 2 aromatic carbocycles. The van der Waals surface area contributed by atoms with Crippen LogP contribution in [0.15, 0.2) is 29.3 Å². The predicted octanol–water partition coefficient (Wildman–Crippen LogP) is 3.07. The zero-order valence-electron chi connectivity index (χ0n) is 18.1. The van der Waals surface area contributed by atoms with Crippen molar-refractivity contribution in [2.45, 2.75) is 0 Å². The maximum Gasteiger partial charge on any atom is 0.340 e. The first-order valence-corrected chi connectivity index (χ1v) is 8.91. The number of rotatable bonds is 9. The molecular formula is C21H24N2O8. The van der Waals surface area contributed by atoms with Crippen LogP contribution >= 0.6 is 0 Å². The smallest absolute Gasteiger partial charge is 0.340 e. The first kappa shape index (κ1) is 23.3. The predicted molar refractivity (Wildman–Crippen MR) is 114 cm³/mol. The van der Waals surface area contributed by atoms with Crippen molar-refractivity contribution in [2.75, 3.05) is 48.0 Å². The Bertz CT molecular complexity index is 988. The van der Waals surface area contributed by atoms with Gasteiger partial charge in [0.25, 0.3) is 0 Å². The summed E-state index contributed by atoms with van der Waals surface area (Å²) in [5, 5.41) is 2.90. The first-order chi connectivity index (χ1) is 14.9. The van der Waals surface area contributed by atoms with Crippen molar-refractivity contribution in [3.05, 3.63) is 35.4 Å². The van der Waals surface area contributed by atoms with Gasteiger partial charge >= 0.3 is 11.9 Å². The van der Waals surface area contributed by atoms with E-state index in [0.717, 1.165) is 0 Å². The van der Waals surface area contributed by atoms with E-state index in [2.05, 4.69) is 10.3 Å². The minimum Gasteiger partial charge on any atom is -0.493 e. The van der Waals surface area contributed by atoms with Gasteiger partial charge < -0.3 is 33.7 Å². The van der Waals surface area contributed by atoms with Crippen molar-refractivity contribution in [3.8, 4) is 23.0 Å². The third-order valence-electron chi connectivity index (χ3n) is 4.26. The fourth-order valence-corrected chi connectivity index (χ4v) is 2.70. The standard InChI is InChI=1S/C21H24N2O8/c1-26-16-7-12(20(24)30-5)14(9-18(16)28-3)22-11-23-15-10-19(29-4)17(27-2)8-13(15)21(25)31-6/h7-11H,1-6H3,(H,22,23). The van der Waals surface area contributed by atoms with Gasteiger partial charge in [0.15, 0.2) is 23.0 Å². The number of anilines is 1. The van der Waals surface area contributed by atoms with Crippen LogP contribution < -0.4 is 24.3 Å². The molecule has 0 atom stereocenters. The van der Waals surface area contributed by atoms with Crippen LogP contribution in [0.4, 0.5) is 11.4 Å². The zero-order chi connectivity index (χ0) is 23.0. The molecule has 0 radical (unpaired) electrons. The number of hydrogen-bond acceptors (Lipinski definition) is 9. The lowest BCUT2D eigenvalue weighted by atomic mass is 10.1. The second-order valence-electron chi connectivity index (χ2n) is 5.86. The highest BCUT2D eigenvalue weighted by molar-refractivity contribution is 6.00. The molecule has 2 rings (SSSR count). The molecule has 0 heterocycles. The Morgan fingerprint density at radius 1 is 0.710 bits per heavy atom. The van der Waals surface area contributed by atoms with Crippen LogP contribution in [0.5, 0.6) is 23.0 Å². The summed E-state index contributed by atoms with van der Waals surface area (Å²) in [6.07, 6.45) is 1.31. The Labute approximate surface area is 179 Å². The quantitative estimate of drug-likeness (QED) is 0.363. The van der Waals surface area contributed by atoms with Gasteiger partial charge in [-0.25, -0.2) is 14.6 Å². The van der Waals surface area contributed by atoms with Crippen molar-refractivity contribution in [2.24, 2.45) is 4.99 Å². The topological polar surface area (TPSA) is 114 Å². The molecule has 0 spiro atoms. The Morgan fingerprint density at radius 2 is 1.16 bits per heavy atom. The average molecular weight is 432 g/mol. The van der Waals surface area contributed by atoms with E-state index in [0.29, 0.717) is 28.7 Å². The van der Waals surface area contributed by atoms with Gasteiger partial charge in [-0.3, -0.25) is 0 Å². The summed E-state index contributed by atoms with van der Waals surface area (Å²) in [5.74, 6) is 0.296. The molecule has 0 aliphatic carbocycles. The molecule has 0 unspecified atom stereocenters. The van der Waals surface area contributed by atoms with Crippen molar-refractivity contribution < 1.29 is 38.0 Å². The lowest BCUT2D eigenvalue weighted by Crippen LogP contribution is -2.08. The van der Waals surface area contributed by atoms with E-state index in [4.69, 9.17) is 28.4 Å². The van der Waals surface area contributed by atoms with E-state index in [1.807, 2.05) is 0 Å². The van der Waals surface area contributed by atoms with Crippen LogP contribution in [-0.4, -0.2) is 60.9 Å². The molecular weight excluding hydrogens is 408 g/mol. The van der Waals surface area contributed by atoms with Crippen LogP contribution in [0.2, 0.25) is 0 Å². The Hall–Kier alpha value is -3.95. The first-order valence-electron chi connectivity index (χ1n) is 8.91. The number of carbonyl (C=O) groups is 2. The molecule has 0 aliphatic rings. The maximum absolute atomic E-state index is 12.2. The summed E-state index contributed by atoms with van der Waals surface area (Å²) < 4.78 is 30.6. The van der Waals surface area contributed by atoms with Crippen molar-refractivity contribution >= 4 is 29.7 Å². The zero-order valence-corrected chi connectivity index (χ0v) is 18.1. The number of benzene rings is 2. The molecule has 1 N–H and O–H groups in total. The van der Waals surface area contributed by atoms with Gasteiger partial charge in [-0.15, -0.1) is 0 Å². The van der Waals surface area contributed by atoms with Crippen molar-refractivity contribution in [3.63, 3.8) is 0 Å². The van der Waals surface area contributed by atoms with Crippen LogP contribution in [0.1, 0.15) is 20.7 Å². The number of esters is 2. The monoisotopic (exact) mass is 432 g/mol. The summed E-state index contributed by atoms with van der Waals surface area (Å²) in [6.45, 7) is 0. The molecule has 10 heteroatoms. The maximum atomic E-state index is 12.2. The normalized spacial score (nSPS) is 10.4. The Balaban J connectivity index is 2.47. The average Bonchev–Trinajstić information content (AvgIpc) is 2.81. The van der Waals surface area contributed by atoms with Gasteiger partial charge in [-0.1, -0.05) is 0 Å². The third kappa shape index (κ3) is 5.16. The minimum absolute atomic E-state index is 0.165. The molecule has 166 valence electrons. The highest BCUT2D eigenvalue weighted by Crippen LogP contribution is 2.36. The molecule has 0 aromatic heterocycles. The second kappa shape index (κ2) is 10.7. The fourth-order valence-electron chi connectivity index (χ4n) is 2.70. The fraction of sp³-hybridized carbons (Fsp3) is 0.286. The van der Waals surface area contributed by atoms with Crippen molar-refractivity contribution in [1.82, 2.24) is 0 Å². The minimum atomic E-state index is -0.602. The number of ether oxygens (including phenoxy) is 6. The molecule has 10 nitrogen and oxygen atoms in total. The van der Waals surface area contributed by atoms with Crippen LogP contribution in [0, 0.1) is 0 Å².